The molecule has 1 atom stereocenters. The lowest BCUT2D eigenvalue weighted by Crippen LogP contribution is -2.35. The predicted molar refractivity (Wildman–Crippen MR) is 92.4 cm³/mol. The summed E-state index contributed by atoms with van der Waals surface area (Å²) in [6.07, 6.45) is 10.5. The van der Waals surface area contributed by atoms with Crippen LogP contribution in [0.25, 0.3) is 0 Å². The molecule has 1 aliphatic heterocycles. The number of carbonyl (C=O) groups excluding carboxylic acids is 1. The zero-order valence-electron chi connectivity index (χ0n) is 14.4. The fourth-order valence-corrected chi connectivity index (χ4v) is 3.36. The van der Waals surface area contributed by atoms with Gasteiger partial charge in [-0.05, 0) is 30.4 Å². The van der Waals surface area contributed by atoms with Gasteiger partial charge in [-0.25, -0.2) is 4.98 Å². The number of amides is 1. The standard InChI is InChI=1S/C19H24N4O2/c24-19(8-15-3-4-15)23-11-17(10-22-7-6-21-18(22)12-23)14-25-13-16-2-1-5-20-9-16/h1-2,5-7,9,15,17H,3-4,8,10-14H2/t17-/m0/s1. The first-order valence-corrected chi connectivity index (χ1v) is 9.02. The topological polar surface area (TPSA) is 60.2 Å². The molecule has 1 aliphatic carbocycles. The first kappa shape index (κ1) is 16.3. The van der Waals surface area contributed by atoms with E-state index in [9.17, 15) is 4.79 Å². The van der Waals surface area contributed by atoms with Gasteiger partial charge in [0, 0.05) is 50.2 Å². The Hall–Kier alpha value is -2.21. The fourth-order valence-electron chi connectivity index (χ4n) is 3.36. The number of ether oxygens (including phenoxy) is 1. The normalized spacial score (nSPS) is 20.2. The average Bonchev–Trinajstić information content (AvgIpc) is 3.37. The molecule has 0 aromatic carbocycles. The van der Waals surface area contributed by atoms with E-state index in [2.05, 4.69) is 14.5 Å². The Bertz CT molecular complexity index is 711. The van der Waals surface area contributed by atoms with Crippen LogP contribution < -0.4 is 0 Å². The molecule has 0 saturated heterocycles. The van der Waals surface area contributed by atoms with E-state index in [4.69, 9.17) is 4.74 Å². The van der Waals surface area contributed by atoms with Gasteiger partial charge in [-0.15, -0.1) is 0 Å². The predicted octanol–water partition coefficient (Wildman–Crippen LogP) is 2.25. The quantitative estimate of drug-likeness (QED) is 0.809. The molecule has 6 heteroatoms. The Balaban J connectivity index is 1.38. The second-order valence-corrected chi connectivity index (χ2v) is 7.16. The molecule has 1 saturated carbocycles. The molecule has 0 bridgehead atoms. The van der Waals surface area contributed by atoms with Crippen molar-refractivity contribution in [2.75, 3.05) is 13.2 Å². The van der Waals surface area contributed by atoms with E-state index in [1.807, 2.05) is 35.6 Å². The summed E-state index contributed by atoms with van der Waals surface area (Å²) in [7, 11) is 0. The molecule has 1 fully saturated rings. The van der Waals surface area contributed by atoms with Crippen molar-refractivity contribution in [2.24, 2.45) is 11.8 Å². The number of aromatic nitrogens is 3. The van der Waals surface area contributed by atoms with Crippen molar-refractivity contribution in [3.63, 3.8) is 0 Å². The van der Waals surface area contributed by atoms with Crippen LogP contribution in [0.5, 0.6) is 0 Å². The Morgan fingerprint density at radius 2 is 2.16 bits per heavy atom. The maximum atomic E-state index is 12.6. The Labute approximate surface area is 147 Å². The largest absolute Gasteiger partial charge is 0.376 e. The summed E-state index contributed by atoms with van der Waals surface area (Å²) >= 11 is 0. The van der Waals surface area contributed by atoms with Crippen LogP contribution in [0.4, 0.5) is 0 Å². The van der Waals surface area contributed by atoms with E-state index in [1.54, 1.807) is 6.20 Å². The van der Waals surface area contributed by atoms with Crippen molar-refractivity contribution in [3.8, 4) is 0 Å². The summed E-state index contributed by atoms with van der Waals surface area (Å²) in [4.78, 5) is 23.1. The lowest BCUT2D eigenvalue weighted by Gasteiger charge is -2.24. The van der Waals surface area contributed by atoms with Crippen LogP contribution in [0.1, 0.15) is 30.7 Å². The summed E-state index contributed by atoms with van der Waals surface area (Å²) < 4.78 is 8.07. The molecule has 0 N–H and O–H groups in total. The monoisotopic (exact) mass is 340 g/mol. The summed E-state index contributed by atoms with van der Waals surface area (Å²) in [5.41, 5.74) is 1.07. The SMILES string of the molecule is O=C(CC1CC1)N1Cc2nccn2C[C@H](COCc2cccnc2)C1. The molecule has 25 heavy (non-hydrogen) atoms. The van der Waals surface area contributed by atoms with Crippen molar-refractivity contribution in [3.05, 3.63) is 48.3 Å². The van der Waals surface area contributed by atoms with Crippen LogP contribution in [-0.4, -0.2) is 38.5 Å². The molecule has 0 spiro atoms. The zero-order chi connectivity index (χ0) is 17.1. The first-order valence-electron chi connectivity index (χ1n) is 9.02. The number of hydrogen-bond donors (Lipinski definition) is 0. The van der Waals surface area contributed by atoms with Crippen LogP contribution in [-0.2, 0) is 29.2 Å². The molecule has 1 amide bonds. The van der Waals surface area contributed by atoms with E-state index in [0.717, 1.165) is 24.5 Å². The van der Waals surface area contributed by atoms with Gasteiger partial charge in [0.15, 0.2) is 0 Å². The van der Waals surface area contributed by atoms with Gasteiger partial charge in [0.25, 0.3) is 0 Å². The van der Waals surface area contributed by atoms with Crippen LogP contribution in [0.2, 0.25) is 0 Å². The molecule has 0 radical (unpaired) electrons. The van der Waals surface area contributed by atoms with Gasteiger partial charge in [-0.3, -0.25) is 9.78 Å². The first-order chi connectivity index (χ1) is 12.3. The highest BCUT2D eigenvalue weighted by Crippen LogP contribution is 2.33. The number of pyridine rings is 1. The van der Waals surface area contributed by atoms with E-state index in [1.165, 1.54) is 12.8 Å². The summed E-state index contributed by atoms with van der Waals surface area (Å²) in [6.45, 7) is 3.37. The molecular weight excluding hydrogens is 316 g/mol. The van der Waals surface area contributed by atoms with E-state index in [-0.39, 0.29) is 11.8 Å². The van der Waals surface area contributed by atoms with Gasteiger partial charge < -0.3 is 14.2 Å². The van der Waals surface area contributed by atoms with Crippen LogP contribution in [0, 0.1) is 11.8 Å². The Morgan fingerprint density at radius 1 is 1.24 bits per heavy atom. The lowest BCUT2D eigenvalue weighted by molar-refractivity contribution is -0.133. The van der Waals surface area contributed by atoms with Crippen LogP contribution in [0.15, 0.2) is 36.9 Å². The van der Waals surface area contributed by atoms with E-state index >= 15 is 0 Å². The van der Waals surface area contributed by atoms with Crippen molar-refractivity contribution < 1.29 is 9.53 Å². The van der Waals surface area contributed by atoms with Crippen molar-refractivity contribution in [2.45, 2.75) is 39.0 Å². The maximum absolute atomic E-state index is 12.6. The molecule has 0 unspecified atom stereocenters. The molecular formula is C19H24N4O2. The number of hydrogen-bond acceptors (Lipinski definition) is 4. The van der Waals surface area contributed by atoms with Gasteiger partial charge in [0.1, 0.15) is 5.82 Å². The summed E-state index contributed by atoms with van der Waals surface area (Å²) in [6, 6.07) is 3.93. The summed E-state index contributed by atoms with van der Waals surface area (Å²) in [5, 5.41) is 0. The third kappa shape index (κ3) is 4.25. The minimum atomic E-state index is 0.260. The second kappa shape index (κ2) is 7.35. The lowest BCUT2D eigenvalue weighted by atomic mass is 10.1. The number of rotatable bonds is 6. The third-order valence-electron chi connectivity index (χ3n) is 4.93. The molecule has 2 aromatic heterocycles. The molecule has 6 nitrogen and oxygen atoms in total. The van der Waals surface area contributed by atoms with Gasteiger partial charge in [-0.2, -0.15) is 0 Å². The highest BCUT2D eigenvalue weighted by molar-refractivity contribution is 5.76. The highest BCUT2D eigenvalue weighted by atomic mass is 16.5. The Morgan fingerprint density at radius 3 is 2.96 bits per heavy atom. The highest BCUT2D eigenvalue weighted by Gasteiger charge is 2.30. The fraction of sp³-hybridized carbons (Fsp3) is 0.526. The average molecular weight is 340 g/mol. The number of imidazole rings is 1. The number of carbonyl (C=O) groups is 1. The van der Waals surface area contributed by atoms with Crippen LogP contribution >= 0.6 is 0 Å². The third-order valence-corrected chi connectivity index (χ3v) is 4.93. The number of fused-ring (bicyclic) bond motifs is 1. The van der Waals surface area contributed by atoms with Gasteiger partial charge in [-0.1, -0.05) is 6.07 Å². The smallest absolute Gasteiger partial charge is 0.223 e. The Kier molecular flexibility index (Phi) is 4.78. The minimum Gasteiger partial charge on any atom is -0.376 e. The molecule has 2 aliphatic rings. The molecule has 2 aromatic rings. The van der Waals surface area contributed by atoms with Gasteiger partial charge in [0.2, 0.25) is 5.91 Å². The minimum absolute atomic E-state index is 0.260. The van der Waals surface area contributed by atoms with Gasteiger partial charge >= 0.3 is 0 Å². The van der Waals surface area contributed by atoms with Crippen molar-refractivity contribution >= 4 is 5.91 Å². The van der Waals surface area contributed by atoms with Gasteiger partial charge in [0.05, 0.1) is 19.8 Å². The second-order valence-electron chi connectivity index (χ2n) is 7.16. The molecule has 132 valence electrons. The molecule has 4 rings (SSSR count). The van der Waals surface area contributed by atoms with Crippen molar-refractivity contribution in [1.29, 1.82) is 0 Å². The molecule has 3 heterocycles. The van der Waals surface area contributed by atoms with E-state index in [0.29, 0.717) is 32.1 Å². The van der Waals surface area contributed by atoms with E-state index < -0.39 is 0 Å². The van der Waals surface area contributed by atoms with Crippen LogP contribution in [0.3, 0.4) is 0 Å². The van der Waals surface area contributed by atoms with Crippen molar-refractivity contribution in [1.82, 2.24) is 19.4 Å². The number of nitrogens with zero attached hydrogens (tertiary/aromatic N) is 4. The zero-order valence-corrected chi connectivity index (χ0v) is 14.4. The summed E-state index contributed by atoms with van der Waals surface area (Å²) in [5.74, 6) is 2.11. The maximum Gasteiger partial charge on any atom is 0.223 e.